The average molecular weight is 459 g/mol. The molecule has 4 nitrogen and oxygen atoms in total. The summed E-state index contributed by atoms with van der Waals surface area (Å²) >= 11 is 12.5. The minimum absolute atomic E-state index is 0.229. The third-order valence-electron chi connectivity index (χ3n) is 5.15. The van der Waals surface area contributed by atoms with Crippen LogP contribution in [-0.2, 0) is 25.9 Å². The van der Waals surface area contributed by atoms with Crippen LogP contribution >= 0.6 is 23.2 Å². The summed E-state index contributed by atoms with van der Waals surface area (Å²) in [6.07, 6.45) is 6.26. The maximum atomic E-state index is 6.40. The van der Waals surface area contributed by atoms with E-state index >= 15 is 0 Å². The molecule has 2 unspecified atom stereocenters. The minimum Gasteiger partial charge on any atom is -0.379 e. The van der Waals surface area contributed by atoms with Crippen LogP contribution in [0, 0.1) is 0 Å². The molecule has 1 aliphatic heterocycles. The summed E-state index contributed by atoms with van der Waals surface area (Å²) in [6.45, 7) is 3.39. The van der Waals surface area contributed by atoms with Crippen molar-refractivity contribution in [1.82, 2.24) is 0 Å². The lowest BCUT2D eigenvalue weighted by Gasteiger charge is -2.29. The maximum Gasteiger partial charge on any atom is 0.168 e. The first-order valence-corrected chi connectivity index (χ1v) is 11.0. The van der Waals surface area contributed by atoms with Crippen LogP contribution in [0.1, 0.15) is 30.6 Å². The Morgan fingerprint density at radius 3 is 2.74 bits per heavy atom. The van der Waals surface area contributed by atoms with E-state index in [0.29, 0.717) is 36.3 Å². The van der Waals surface area contributed by atoms with Gasteiger partial charge in [0.25, 0.3) is 0 Å². The molecule has 0 spiro atoms. The van der Waals surface area contributed by atoms with Crippen molar-refractivity contribution < 1.29 is 19.2 Å². The number of halogens is 2. The molecule has 0 N–H and O–H groups in total. The summed E-state index contributed by atoms with van der Waals surface area (Å²) in [6, 6.07) is 15.6. The van der Waals surface area contributed by atoms with Crippen LogP contribution in [0.5, 0.6) is 0 Å². The van der Waals surface area contributed by atoms with Gasteiger partial charge in [0.1, 0.15) is 12.2 Å². The molecule has 2 aromatic rings. The Hall–Kier alpha value is -2.08. The molecule has 2 aliphatic rings. The van der Waals surface area contributed by atoms with Crippen LogP contribution in [-0.4, -0.2) is 19.3 Å². The van der Waals surface area contributed by atoms with Crippen molar-refractivity contribution in [3.63, 3.8) is 0 Å². The molecule has 1 heterocycles. The van der Waals surface area contributed by atoms with Gasteiger partial charge < -0.3 is 14.4 Å². The lowest BCUT2D eigenvalue weighted by Crippen LogP contribution is -2.24. The SMILES string of the molecule is CCOCC1C=C2CC(C(OCc3cc(Cl)ccc3Cl)c3ccccc3)=CC=C2OO1. The van der Waals surface area contributed by atoms with E-state index in [-0.39, 0.29) is 12.2 Å². The van der Waals surface area contributed by atoms with Gasteiger partial charge in [-0.1, -0.05) is 59.6 Å². The number of hydrogen-bond acceptors (Lipinski definition) is 4. The molecule has 0 radical (unpaired) electrons. The molecule has 31 heavy (non-hydrogen) atoms. The quantitative estimate of drug-likeness (QED) is 0.409. The highest BCUT2D eigenvalue weighted by Gasteiger charge is 2.27. The molecule has 0 aromatic heterocycles. The van der Waals surface area contributed by atoms with Crippen molar-refractivity contribution in [1.29, 1.82) is 0 Å². The molecule has 6 heteroatoms. The van der Waals surface area contributed by atoms with Gasteiger partial charge in [-0.2, -0.15) is 4.89 Å². The van der Waals surface area contributed by atoms with Crippen LogP contribution in [0.15, 0.2) is 83.7 Å². The smallest absolute Gasteiger partial charge is 0.168 e. The van der Waals surface area contributed by atoms with Crippen LogP contribution in [0.3, 0.4) is 0 Å². The average Bonchev–Trinajstić information content (AvgIpc) is 2.80. The predicted molar refractivity (Wildman–Crippen MR) is 122 cm³/mol. The zero-order valence-electron chi connectivity index (χ0n) is 17.2. The highest BCUT2D eigenvalue weighted by atomic mass is 35.5. The van der Waals surface area contributed by atoms with Crippen LogP contribution in [0.4, 0.5) is 0 Å². The topological polar surface area (TPSA) is 36.9 Å². The summed E-state index contributed by atoms with van der Waals surface area (Å²) in [7, 11) is 0. The Morgan fingerprint density at radius 1 is 1.10 bits per heavy atom. The van der Waals surface area contributed by atoms with Gasteiger partial charge in [0.05, 0.1) is 13.2 Å². The van der Waals surface area contributed by atoms with Crippen molar-refractivity contribution in [2.45, 2.75) is 32.2 Å². The molecule has 0 bridgehead atoms. The standard InChI is InChI=1S/C25H24Cl2O4/c1-2-28-16-22-14-19-12-18(8-11-24(19)31-30-22)25(17-6-4-3-5-7-17)29-15-20-13-21(26)9-10-23(20)27/h3-11,13-14,22,25H,2,12,15-16H2,1H3. The number of rotatable bonds is 8. The Bertz CT molecular complexity index is 998. The highest BCUT2D eigenvalue weighted by Crippen LogP contribution is 2.38. The van der Waals surface area contributed by atoms with E-state index in [0.717, 1.165) is 28.0 Å². The molecule has 1 aliphatic carbocycles. The predicted octanol–water partition coefficient (Wildman–Crippen LogP) is 6.76. The minimum atomic E-state index is -0.233. The van der Waals surface area contributed by atoms with Crippen LogP contribution in [0.25, 0.3) is 0 Å². The number of benzene rings is 2. The van der Waals surface area contributed by atoms with Gasteiger partial charge in [0, 0.05) is 28.6 Å². The van der Waals surface area contributed by atoms with Gasteiger partial charge in [-0.25, -0.2) is 0 Å². The largest absolute Gasteiger partial charge is 0.379 e. The lowest BCUT2D eigenvalue weighted by molar-refractivity contribution is -0.294. The van der Waals surface area contributed by atoms with Crippen molar-refractivity contribution >= 4 is 23.2 Å². The second kappa shape index (κ2) is 10.5. The van der Waals surface area contributed by atoms with Crippen molar-refractivity contribution in [2.24, 2.45) is 0 Å². The second-order valence-electron chi connectivity index (χ2n) is 7.36. The molecule has 2 atom stereocenters. The molecule has 162 valence electrons. The van der Waals surface area contributed by atoms with Crippen molar-refractivity contribution in [3.05, 3.63) is 105 Å². The van der Waals surface area contributed by atoms with Crippen LogP contribution in [0.2, 0.25) is 10.0 Å². The Labute approximate surface area is 192 Å². The molecule has 0 saturated carbocycles. The van der Waals surface area contributed by atoms with E-state index in [1.807, 2.05) is 43.3 Å². The number of ether oxygens (including phenoxy) is 2. The fourth-order valence-corrected chi connectivity index (χ4v) is 3.97. The zero-order valence-corrected chi connectivity index (χ0v) is 18.7. The summed E-state index contributed by atoms with van der Waals surface area (Å²) in [4.78, 5) is 10.9. The fourth-order valence-electron chi connectivity index (χ4n) is 3.61. The molecule has 2 aromatic carbocycles. The van der Waals surface area contributed by atoms with Gasteiger partial charge in [-0.15, -0.1) is 0 Å². The van der Waals surface area contributed by atoms with E-state index < -0.39 is 0 Å². The van der Waals surface area contributed by atoms with E-state index in [2.05, 4.69) is 18.2 Å². The Morgan fingerprint density at radius 2 is 1.94 bits per heavy atom. The van der Waals surface area contributed by atoms with E-state index in [4.69, 9.17) is 42.5 Å². The van der Waals surface area contributed by atoms with Crippen molar-refractivity contribution in [2.75, 3.05) is 13.2 Å². The zero-order chi connectivity index (χ0) is 21.6. The first kappa shape index (κ1) is 22.1. The molecule has 0 amide bonds. The monoisotopic (exact) mass is 458 g/mol. The normalized spacial score (nSPS) is 18.9. The van der Waals surface area contributed by atoms with Gasteiger partial charge in [0.2, 0.25) is 0 Å². The molecular weight excluding hydrogens is 435 g/mol. The summed E-state index contributed by atoms with van der Waals surface area (Å²) in [5.74, 6) is 0.723. The van der Waals surface area contributed by atoms with Crippen molar-refractivity contribution in [3.8, 4) is 0 Å². The maximum absolute atomic E-state index is 6.40. The molecule has 0 fully saturated rings. The van der Waals surface area contributed by atoms with Crippen LogP contribution < -0.4 is 0 Å². The highest BCUT2D eigenvalue weighted by molar-refractivity contribution is 6.33. The van der Waals surface area contributed by atoms with E-state index in [1.165, 1.54) is 0 Å². The Balaban J connectivity index is 1.57. The van der Waals surface area contributed by atoms with Gasteiger partial charge in [0.15, 0.2) is 5.76 Å². The second-order valence-corrected chi connectivity index (χ2v) is 8.20. The van der Waals surface area contributed by atoms with E-state index in [9.17, 15) is 0 Å². The Kier molecular flexibility index (Phi) is 7.49. The van der Waals surface area contributed by atoms with Gasteiger partial charge in [-0.05, 0) is 54.0 Å². The molecular formula is C25H24Cl2O4. The summed E-state index contributed by atoms with van der Waals surface area (Å²) in [5, 5.41) is 1.27. The van der Waals surface area contributed by atoms with E-state index in [1.54, 1.807) is 12.1 Å². The summed E-state index contributed by atoms with van der Waals surface area (Å²) < 4.78 is 11.9. The van der Waals surface area contributed by atoms with Gasteiger partial charge >= 0.3 is 0 Å². The molecule has 0 saturated heterocycles. The number of hydrogen-bond donors (Lipinski definition) is 0. The third kappa shape index (κ3) is 5.59. The first-order valence-electron chi connectivity index (χ1n) is 10.3. The lowest BCUT2D eigenvalue weighted by atomic mass is 9.90. The number of fused-ring (bicyclic) bond motifs is 1. The first-order chi connectivity index (χ1) is 15.1. The molecule has 4 rings (SSSR count). The van der Waals surface area contributed by atoms with Gasteiger partial charge in [-0.3, -0.25) is 0 Å². The summed E-state index contributed by atoms with van der Waals surface area (Å²) in [5.41, 5.74) is 4.12. The number of allylic oxidation sites excluding steroid dienone is 3. The third-order valence-corrected chi connectivity index (χ3v) is 5.75. The fraction of sp³-hybridized carbons (Fsp3) is 0.280.